The number of rotatable bonds is 11. The minimum absolute atomic E-state index is 0.0437. The number of carbonyl (C=O) groups is 2. The van der Waals surface area contributed by atoms with Gasteiger partial charge in [-0.3, -0.25) is 9.59 Å². The second kappa shape index (κ2) is 12.0. The highest BCUT2D eigenvalue weighted by molar-refractivity contribution is 5.96. The zero-order chi connectivity index (χ0) is 23.6. The Bertz CT molecular complexity index is 995. The number of carbonyl (C=O) groups excluding carboxylic acids is 2. The molecular formula is C28H34N2O3. The highest BCUT2D eigenvalue weighted by atomic mass is 16.3. The van der Waals surface area contributed by atoms with E-state index in [9.17, 15) is 9.59 Å². The van der Waals surface area contributed by atoms with Gasteiger partial charge in [0, 0.05) is 18.7 Å². The third-order valence-corrected chi connectivity index (χ3v) is 5.60. The lowest BCUT2D eigenvalue weighted by Crippen LogP contribution is -2.44. The van der Waals surface area contributed by atoms with Gasteiger partial charge in [-0.25, -0.2) is 0 Å². The summed E-state index contributed by atoms with van der Waals surface area (Å²) in [7, 11) is 0. The van der Waals surface area contributed by atoms with Gasteiger partial charge in [0.1, 0.15) is 12.3 Å². The molecule has 0 spiro atoms. The Morgan fingerprint density at radius 1 is 0.879 bits per heavy atom. The molecule has 0 unspecified atom stereocenters. The van der Waals surface area contributed by atoms with Crippen molar-refractivity contribution in [2.24, 2.45) is 5.92 Å². The molecule has 0 aliphatic carbocycles. The van der Waals surface area contributed by atoms with E-state index in [1.165, 1.54) is 11.1 Å². The number of amides is 2. The highest BCUT2D eigenvalue weighted by Crippen LogP contribution is 2.13. The predicted molar refractivity (Wildman–Crippen MR) is 131 cm³/mol. The summed E-state index contributed by atoms with van der Waals surface area (Å²) < 4.78 is 5.50. The van der Waals surface area contributed by atoms with Crippen LogP contribution in [0.5, 0.6) is 0 Å². The SMILES string of the molecule is CCc1ccc(C(=O)N(CC(=O)N(CCc2ccccc2)Cc2ccco2)CC(C)C)cc1. The van der Waals surface area contributed by atoms with Crippen molar-refractivity contribution in [3.63, 3.8) is 0 Å². The van der Waals surface area contributed by atoms with Gasteiger partial charge in [0.2, 0.25) is 5.91 Å². The van der Waals surface area contributed by atoms with E-state index >= 15 is 0 Å². The summed E-state index contributed by atoms with van der Waals surface area (Å²) in [4.78, 5) is 30.1. The van der Waals surface area contributed by atoms with E-state index in [1.54, 1.807) is 16.1 Å². The minimum atomic E-state index is -0.110. The summed E-state index contributed by atoms with van der Waals surface area (Å²) in [6, 6.07) is 21.5. The fourth-order valence-electron chi connectivity index (χ4n) is 3.78. The lowest BCUT2D eigenvalue weighted by molar-refractivity contribution is -0.132. The van der Waals surface area contributed by atoms with Crippen molar-refractivity contribution in [2.45, 2.75) is 40.2 Å². The number of benzene rings is 2. The Kier molecular flexibility index (Phi) is 8.87. The molecule has 0 aliphatic heterocycles. The molecule has 5 heteroatoms. The van der Waals surface area contributed by atoms with E-state index in [-0.39, 0.29) is 24.3 Å². The van der Waals surface area contributed by atoms with Crippen molar-refractivity contribution in [3.05, 3.63) is 95.4 Å². The summed E-state index contributed by atoms with van der Waals surface area (Å²) in [6.45, 7) is 7.70. The molecule has 0 bridgehead atoms. The van der Waals surface area contributed by atoms with Gasteiger partial charge >= 0.3 is 0 Å². The molecule has 0 atom stereocenters. The predicted octanol–water partition coefficient (Wildman–Crippen LogP) is 5.21. The molecule has 3 rings (SSSR count). The number of hydrogen-bond donors (Lipinski definition) is 0. The maximum atomic E-state index is 13.4. The third kappa shape index (κ3) is 7.35. The Hall–Kier alpha value is -3.34. The minimum Gasteiger partial charge on any atom is -0.467 e. The van der Waals surface area contributed by atoms with Crippen molar-refractivity contribution in [2.75, 3.05) is 19.6 Å². The Morgan fingerprint density at radius 3 is 2.21 bits per heavy atom. The largest absolute Gasteiger partial charge is 0.467 e. The Labute approximate surface area is 197 Å². The van der Waals surface area contributed by atoms with Crippen LogP contribution < -0.4 is 0 Å². The first-order chi connectivity index (χ1) is 16.0. The van der Waals surface area contributed by atoms with E-state index in [1.807, 2.05) is 54.6 Å². The molecule has 1 heterocycles. The van der Waals surface area contributed by atoms with Gasteiger partial charge in [0.15, 0.2) is 0 Å². The molecule has 5 nitrogen and oxygen atoms in total. The van der Waals surface area contributed by atoms with E-state index in [0.717, 1.165) is 18.6 Å². The lowest BCUT2D eigenvalue weighted by Gasteiger charge is -2.28. The van der Waals surface area contributed by atoms with Gasteiger partial charge in [-0.1, -0.05) is 63.2 Å². The van der Waals surface area contributed by atoms with Crippen LogP contribution in [0, 0.1) is 5.92 Å². The summed E-state index contributed by atoms with van der Waals surface area (Å²) >= 11 is 0. The van der Waals surface area contributed by atoms with Crippen LogP contribution in [0.3, 0.4) is 0 Å². The van der Waals surface area contributed by atoms with Gasteiger partial charge in [-0.15, -0.1) is 0 Å². The monoisotopic (exact) mass is 446 g/mol. The first-order valence-corrected chi connectivity index (χ1v) is 11.7. The molecule has 3 aromatic rings. The molecule has 174 valence electrons. The topological polar surface area (TPSA) is 53.8 Å². The van der Waals surface area contributed by atoms with Gasteiger partial charge in [-0.05, 0) is 54.2 Å². The molecule has 0 radical (unpaired) electrons. The van der Waals surface area contributed by atoms with Gasteiger partial charge in [0.25, 0.3) is 5.91 Å². The first kappa shape index (κ1) is 24.3. The Balaban J connectivity index is 1.75. The van der Waals surface area contributed by atoms with E-state index < -0.39 is 0 Å². The molecule has 0 N–H and O–H groups in total. The van der Waals surface area contributed by atoms with Crippen molar-refractivity contribution < 1.29 is 14.0 Å². The average molecular weight is 447 g/mol. The van der Waals surface area contributed by atoms with Crippen LogP contribution >= 0.6 is 0 Å². The molecule has 2 aromatic carbocycles. The smallest absolute Gasteiger partial charge is 0.254 e. The number of hydrogen-bond acceptors (Lipinski definition) is 3. The first-order valence-electron chi connectivity index (χ1n) is 11.7. The fourth-order valence-corrected chi connectivity index (χ4v) is 3.78. The third-order valence-electron chi connectivity index (χ3n) is 5.60. The summed E-state index contributed by atoms with van der Waals surface area (Å²) in [6.07, 6.45) is 3.28. The average Bonchev–Trinajstić information content (AvgIpc) is 3.34. The van der Waals surface area contributed by atoms with E-state index in [4.69, 9.17) is 4.42 Å². The molecule has 1 aromatic heterocycles. The van der Waals surface area contributed by atoms with Crippen LogP contribution in [-0.4, -0.2) is 41.2 Å². The zero-order valence-electron chi connectivity index (χ0n) is 19.9. The standard InChI is InChI=1S/C28H34N2O3/c1-4-23-12-14-25(15-13-23)28(32)30(19-22(2)3)21-27(31)29(20-26-11-8-18-33-26)17-16-24-9-6-5-7-10-24/h5-15,18,22H,4,16-17,19-21H2,1-3H3. The molecule has 0 fully saturated rings. The summed E-state index contributed by atoms with van der Waals surface area (Å²) in [5.74, 6) is 0.787. The zero-order valence-corrected chi connectivity index (χ0v) is 19.9. The second-order valence-corrected chi connectivity index (χ2v) is 8.76. The van der Waals surface area contributed by atoms with Gasteiger partial charge in [0.05, 0.1) is 12.8 Å². The lowest BCUT2D eigenvalue weighted by atomic mass is 10.1. The van der Waals surface area contributed by atoms with Crippen LogP contribution in [0.4, 0.5) is 0 Å². The Morgan fingerprint density at radius 2 is 1.61 bits per heavy atom. The molecule has 0 saturated heterocycles. The molecule has 0 aliphatic rings. The van der Waals surface area contributed by atoms with E-state index in [2.05, 4.69) is 32.9 Å². The molecule has 0 saturated carbocycles. The number of furan rings is 1. The summed E-state index contributed by atoms with van der Waals surface area (Å²) in [5, 5.41) is 0. The highest BCUT2D eigenvalue weighted by Gasteiger charge is 2.24. The molecule has 33 heavy (non-hydrogen) atoms. The normalized spacial score (nSPS) is 10.9. The molecule has 2 amide bonds. The summed E-state index contributed by atoms with van der Waals surface area (Å²) in [5.41, 5.74) is 2.96. The maximum Gasteiger partial charge on any atom is 0.254 e. The van der Waals surface area contributed by atoms with Crippen LogP contribution in [0.1, 0.15) is 48.0 Å². The molecular weight excluding hydrogens is 412 g/mol. The van der Waals surface area contributed by atoms with Crippen LogP contribution in [0.15, 0.2) is 77.4 Å². The van der Waals surface area contributed by atoms with Crippen LogP contribution in [0.25, 0.3) is 0 Å². The van der Waals surface area contributed by atoms with Crippen molar-refractivity contribution >= 4 is 11.8 Å². The van der Waals surface area contributed by atoms with Crippen LogP contribution in [0.2, 0.25) is 0 Å². The van der Waals surface area contributed by atoms with Gasteiger partial charge < -0.3 is 14.2 Å². The van der Waals surface area contributed by atoms with Crippen LogP contribution in [-0.2, 0) is 24.2 Å². The number of nitrogens with zero attached hydrogens (tertiary/aromatic N) is 2. The number of aryl methyl sites for hydroxylation is 1. The van der Waals surface area contributed by atoms with Crippen molar-refractivity contribution in [3.8, 4) is 0 Å². The van der Waals surface area contributed by atoms with Crippen molar-refractivity contribution in [1.29, 1.82) is 0 Å². The maximum absolute atomic E-state index is 13.4. The van der Waals surface area contributed by atoms with Gasteiger partial charge in [-0.2, -0.15) is 0 Å². The quantitative estimate of drug-likeness (QED) is 0.406. The second-order valence-electron chi connectivity index (χ2n) is 8.76. The van der Waals surface area contributed by atoms with E-state index in [0.29, 0.717) is 25.2 Å². The van der Waals surface area contributed by atoms with Crippen molar-refractivity contribution in [1.82, 2.24) is 9.80 Å². The fraction of sp³-hybridized carbons (Fsp3) is 0.357.